The number of carboxylic acid groups (broad SMARTS) is 1. The van der Waals surface area contributed by atoms with Gasteiger partial charge in [0.15, 0.2) is 0 Å². The van der Waals surface area contributed by atoms with Gasteiger partial charge in [0.2, 0.25) is 0 Å². The average Bonchev–Trinajstić information content (AvgIpc) is 2.20. The van der Waals surface area contributed by atoms with Gasteiger partial charge in [0.1, 0.15) is 11.3 Å². The van der Waals surface area contributed by atoms with Gasteiger partial charge in [-0.15, -0.1) is 0 Å². The Bertz CT molecular complexity index is 351. The molecule has 0 aliphatic heterocycles. The highest BCUT2D eigenvalue weighted by Gasteiger charge is 2.11. The topological polar surface area (TPSA) is 66.8 Å². The molecule has 4 nitrogen and oxygen atoms in total. The second kappa shape index (κ2) is 5.72. The van der Waals surface area contributed by atoms with Crippen molar-refractivity contribution in [1.29, 1.82) is 0 Å². The van der Waals surface area contributed by atoms with Gasteiger partial charge in [0.05, 0.1) is 6.61 Å². The number of aromatic carboxylic acids is 1. The van der Waals surface area contributed by atoms with Crippen LogP contribution in [0.1, 0.15) is 16.8 Å². The van der Waals surface area contributed by atoms with Crippen LogP contribution in [-0.2, 0) is 0 Å². The molecule has 82 valence electrons. The van der Waals surface area contributed by atoms with E-state index in [2.05, 4.69) is 15.9 Å². The predicted octanol–water partition coefficient (Wildman–Crippen LogP) is 1.91. The first-order valence-corrected chi connectivity index (χ1v) is 5.21. The predicted molar refractivity (Wildman–Crippen MR) is 58.3 cm³/mol. The van der Waals surface area contributed by atoms with Crippen LogP contribution < -0.4 is 4.74 Å². The van der Waals surface area contributed by atoms with E-state index in [0.29, 0.717) is 23.2 Å². The van der Waals surface area contributed by atoms with Crippen molar-refractivity contribution in [2.45, 2.75) is 6.42 Å². The molecule has 0 atom stereocenters. The molecule has 0 spiro atoms. The van der Waals surface area contributed by atoms with E-state index in [9.17, 15) is 4.79 Å². The third-order valence-electron chi connectivity index (χ3n) is 1.73. The minimum absolute atomic E-state index is 0.0267. The number of hydrogen-bond acceptors (Lipinski definition) is 3. The van der Waals surface area contributed by atoms with Crippen LogP contribution in [-0.4, -0.2) is 29.4 Å². The number of hydrogen-bond donors (Lipinski definition) is 2. The number of benzene rings is 1. The second-order valence-electron chi connectivity index (χ2n) is 2.87. The van der Waals surface area contributed by atoms with Crippen LogP contribution in [0.15, 0.2) is 22.7 Å². The Morgan fingerprint density at radius 3 is 2.80 bits per heavy atom. The molecule has 0 aliphatic rings. The highest BCUT2D eigenvalue weighted by molar-refractivity contribution is 9.10. The number of rotatable bonds is 5. The maximum Gasteiger partial charge on any atom is 0.339 e. The Labute approximate surface area is 95.6 Å². The molecule has 0 saturated heterocycles. The summed E-state index contributed by atoms with van der Waals surface area (Å²) in [5.74, 6) is -0.713. The van der Waals surface area contributed by atoms with E-state index in [4.69, 9.17) is 14.9 Å². The summed E-state index contributed by atoms with van der Waals surface area (Å²) in [4.78, 5) is 10.9. The zero-order valence-electron chi connectivity index (χ0n) is 7.94. The summed E-state index contributed by atoms with van der Waals surface area (Å²) in [7, 11) is 0. The fourth-order valence-electron chi connectivity index (χ4n) is 1.04. The molecule has 1 aromatic rings. The summed E-state index contributed by atoms with van der Waals surface area (Å²) >= 11 is 3.19. The Morgan fingerprint density at radius 1 is 1.47 bits per heavy atom. The fraction of sp³-hybridized carbons (Fsp3) is 0.300. The standard InChI is InChI=1S/C10H11BrO4/c11-7-2-3-9(15-5-1-4-12)8(6-7)10(13)14/h2-3,6,12H,1,4-5H2,(H,13,14). The molecule has 15 heavy (non-hydrogen) atoms. The first kappa shape index (κ1) is 12.0. The summed E-state index contributed by atoms with van der Waals surface area (Å²) in [5, 5.41) is 17.5. The molecule has 1 aromatic carbocycles. The fourth-order valence-corrected chi connectivity index (χ4v) is 1.40. The summed E-state index contributed by atoms with van der Waals surface area (Å²) in [6, 6.07) is 4.78. The molecule has 0 aliphatic carbocycles. The zero-order valence-corrected chi connectivity index (χ0v) is 9.53. The van der Waals surface area contributed by atoms with Crippen LogP contribution in [0.5, 0.6) is 5.75 Å². The van der Waals surface area contributed by atoms with E-state index in [0.717, 1.165) is 0 Å². The Hall–Kier alpha value is -1.07. The average molecular weight is 275 g/mol. The molecule has 0 bridgehead atoms. The minimum atomic E-state index is -1.03. The van der Waals surface area contributed by atoms with Crippen LogP contribution >= 0.6 is 15.9 Å². The van der Waals surface area contributed by atoms with E-state index >= 15 is 0 Å². The molecule has 0 radical (unpaired) electrons. The van der Waals surface area contributed by atoms with E-state index in [1.54, 1.807) is 12.1 Å². The zero-order chi connectivity index (χ0) is 11.3. The maximum atomic E-state index is 10.9. The van der Waals surface area contributed by atoms with Crippen molar-refractivity contribution in [2.75, 3.05) is 13.2 Å². The maximum absolute atomic E-state index is 10.9. The summed E-state index contributed by atoms with van der Waals surface area (Å²) in [5.41, 5.74) is 0.113. The Kier molecular flexibility index (Phi) is 4.58. The first-order chi connectivity index (χ1) is 7.15. The summed E-state index contributed by atoms with van der Waals surface area (Å²) in [6.07, 6.45) is 0.481. The second-order valence-corrected chi connectivity index (χ2v) is 3.79. The lowest BCUT2D eigenvalue weighted by atomic mass is 10.2. The first-order valence-electron chi connectivity index (χ1n) is 4.41. The Morgan fingerprint density at radius 2 is 2.20 bits per heavy atom. The number of ether oxygens (including phenoxy) is 1. The normalized spacial score (nSPS) is 10.0. The molecule has 0 heterocycles. The van der Waals surface area contributed by atoms with Gasteiger partial charge in [0, 0.05) is 17.5 Å². The highest BCUT2D eigenvalue weighted by atomic mass is 79.9. The van der Waals surface area contributed by atoms with E-state index < -0.39 is 5.97 Å². The molecule has 0 aromatic heterocycles. The van der Waals surface area contributed by atoms with E-state index in [-0.39, 0.29) is 12.2 Å². The molecule has 2 N–H and O–H groups in total. The molecule has 0 fully saturated rings. The van der Waals surface area contributed by atoms with Gasteiger partial charge in [0.25, 0.3) is 0 Å². The van der Waals surface area contributed by atoms with Crippen LogP contribution in [0.3, 0.4) is 0 Å². The van der Waals surface area contributed by atoms with Crippen LogP contribution in [0.4, 0.5) is 0 Å². The van der Waals surface area contributed by atoms with Gasteiger partial charge < -0.3 is 14.9 Å². The molecule has 0 unspecified atom stereocenters. The summed E-state index contributed by atoms with van der Waals surface area (Å²) < 4.78 is 5.92. The van der Waals surface area contributed by atoms with E-state index in [1.165, 1.54) is 6.07 Å². The van der Waals surface area contributed by atoms with Crippen molar-refractivity contribution >= 4 is 21.9 Å². The highest BCUT2D eigenvalue weighted by Crippen LogP contribution is 2.23. The molecule has 5 heteroatoms. The lowest BCUT2D eigenvalue weighted by Gasteiger charge is -2.08. The summed E-state index contributed by atoms with van der Waals surface area (Å²) in [6.45, 7) is 0.331. The van der Waals surface area contributed by atoms with Crippen molar-refractivity contribution < 1.29 is 19.7 Å². The number of aliphatic hydroxyl groups excluding tert-OH is 1. The van der Waals surface area contributed by atoms with Crippen molar-refractivity contribution in [3.05, 3.63) is 28.2 Å². The minimum Gasteiger partial charge on any atom is -0.493 e. The van der Waals surface area contributed by atoms with Crippen molar-refractivity contribution in [3.8, 4) is 5.75 Å². The third kappa shape index (κ3) is 3.53. The number of halogens is 1. The van der Waals surface area contributed by atoms with Gasteiger partial charge in [-0.3, -0.25) is 0 Å². The quantitative estimate of drug-likeness (QED) is 0.805. The lowest BCUT2D eigenvalue weighted by molar-refractivity contribution is 0.0692. The SMILES string of the molecule is O=C(O)c1cc(Br)ccc1OCCCO. The molecular formula is C10H11BrO4. The monoisotopic (exact) mass is 274 g/mol. The van der Waals surface area contributed by atoms with E-state index in [1.807, 2.05) is 0 Å². The van der Waals surface area contributed by atoms with Crippen molar-refractivity contribution in [1.82, 2.24) is 0 Å². The van der Waals surface area contributed by atoms with Gasteiger partial charge in [-0.25, -0.2) is 4.79 Å². The van der Waals surface area contributed by atoms with Gasteiger partial charge in [-0.1, -0.05) is 15.9 Å². The van der Waals surface area contributed by atoms with Crippen LogP contribution in [0.25, 0.3) is 0 Å². The van der Waals surface area contributed by atoms with Crippen LogP contribution in [0.2, 0.25) is 0 Å². The number of carbonyl (C=O) groups is 1. The van der Waals surface area contributed by atoms with Gasteiger partial charge >= 0.3 is 5.97 Å². The Balaban J connectivity index is 2.81. The third-order valence-corrected chi connectivity index (χ3v) is 2.23. The number of carboxylic acids is 1. The van der Waals surface area contributed by atoms with Crippen molar-refractivity contribution in [3.63, 3.8) is 0 Å². The molecular weight excluding hydrogens is 264 g/mol. The van der Waals surface area contributed by atoms with Crippen LogP contribution in [0, 0.1) is 0 Å². The molecule has 0 amide bonds. The smallest absolute Gasteiger partial charge is 0.339 e. The van der Waals surface area contributed by atoms with Gasteiger partial charge in [-0.2, -0.15) is 0 Å². The van der Waals surface area contributed by atoms with Gasteiger partial charge in [-0.05, 0) is 18.2 Å². The lowest BCUT2D eigenvalue weighted by Crippen LogP contribution is -2.05. The molecule has 0 saturated carbocycles. The number of aliphatic hydroxyl groups is 1. The molecule has 1 rings (SSSR count). The largest absolute Gasteiger partial charge is 0.493 e. The van der Waals surface area contributed by atoms with Crippen molar-refractivity contribution in [2.24, 2.45) is 0 Å².